The zero-order valence-electron chi connectivity index (χ0n) is 11.2. The van der Waals surface area contributed by atoms with Crippen LogP contribution in [0.25, 0.3) is 10.9 Å². The number of nitrogens with two attached hydrogens (primary N) is 1. The van der Waals surface area contributed by atoms with Crippen LogP contribution in [0.15, 0.2) is 24.4 Å². The lowest BCUT2D eigenvalue weighted by atomic mass is 10.0. The van der Waals surface area contributed by atoms with Crippen molar-refractivity contribution < 1.29 is 4.74 Å². The molecule has 0 aliphatic heterocycles. The van der Waals surface area contributed by atoms with E-state index in [4.69, 9.17) is 10.5 Å². The van der Waals surface area contributed by atoms with Crippen LogP contribution in [0.4, 0.5) is 0 Å². The molecule has 1 atom stereocenters. The van der Waals surface area contributed by atoms with Gasteiger partial charge in [-0.3, -0.25) is 0 Å². The zero-order chi connectivity index (χ0) is 13.1. The van der Waals surface area contributed by atoms with Gasteiger partial charge >= 0.3 is 0 Å². The maximum atomic E-state index is 5.87. The standard InChI is InChI=1S/C14H21N3O/c1-4-18-10-5-6-13-11(7-10)12(9-16-13)14(8-15)17(2)3/h5-7,9,14,16H,4,8,15H2,1-3H3. The molecule has 0 amide bonds. The minimum Gasteiger partial charge on any atom is -0.494 e. The first kappa shape index (κ1) is 12.9. The van der Waals surface area contributed by atoms with E-state index in [-0.39, 0.29) is 6.04 Å². The molecule has 0 saturated heterocycles. The topological polar surface area (TPSA) is 54.3 Å². The van der Waals surface area contributed by atoms with Crippen LogP contribution in [0.1, 0.15) is 18.5 Å². The molecule has 4 nitrogen and oxygen atoms in total. The average molecular weight is 247 g/mol. The van der Waals surface area contributed by atoms with Crippen molar-refractivity contribution in [2.24, 2.45) is 5.73 Å². The smallest absolute Gasteiger partial charge is 0.120 e. The summed E-state index contributed by atoms with van der Waals surface area (Å²) in [6.45, 7) is 3.27. The van der Waals surface area contributed by atoms with Crippen LogP contribution < -0.4 is 10.5 Å². The summed E-state index contributed by atoms with van der Waals surface area (Å²) in [6, 6.07) is 6.33. The predicted octanol–water partition coefficient (Wildman–Crippen LogP) is 2.13. The summed E-state index contributed by atoms with van der Waals surface area (Å²) in [4.78, 5) is 5.42. The van der Waals surface area contributed by atoms with E-state index in [1.54, 1.807) is 0 Å². The van der Waals surface area contributed by atoms with E-state index in [0.717, 1.165) is 11.3 Å². The first-order chi connectivity index (χ1) is 8.67. The van der Waals surface area contributed by atoms with Crippen molar-refractivity contribution in [1.82, 2.24) is 9.88 Å². The number of aromatic nitrogens is 1. The van der Waals surface area contributed by atoms with Crippen molar-refractivity contribution in [1.29, 1.82) is 0 Å². The molecular formula is C14H21N3O. The Labute approximate surface area is 108 Å². The minimum absolute atomic E-state index is 0.218. The number of aromatic amines is 1. The monoisotopic (exact) mass is 247 g/mol. The van der Waals surface area contributed by atoms with Crippen LogP contribution in [0.3, 0.4) is 0 Å². The summed E-state index contributed by atoms with van der Waals surface area (Å²) in [5.41, 5.74) is 8.21. The molecule has 0 aliphatic carbocycles. The van der Waals surface area contributed by atoms with Crippen molar-refractivity contribution in [2.45, 2.75) is 13.0 Å². The SMILES string of the molecule is CCOc1ccc2[nH]cc(C(CN)N(C)C)c2c1. The highest BCUT2D eigenvalue weighted by atomic mass is 16.5. The molecule has 0 radical (unpaired) electrons. The highest BCUT2D eigenvalue weighted by Gasteiger charge is 2.16. The molecule has 0 aliphatic rings. The van der Waals surface area contributed by atoms with Crippen LogP contribution in [-0.4, -0.2) is 37.1 Å². The number of rotatable bonds is 5. The lowest BCUT2D eigenvalue weighted by Crippen LogP contribution is -2.26. The van der Waals surface area contributed by atoms with Crippen LogP contribution in [0, 0.1) is 0 Å². The van der Waals surface area contributed by atoms with Crippen molar-refractivity contribution in [3.8, 4) is 5.75 Å². The first-order valence-corrected chi connectivity index (χ1v) is 6.27. The molecule has 98 valence electrons. The average Bonchev–Trinajstić information content (AvgIpc) is 2.74. The molecule has 1 aromatic carbocycles. The quantitative estimate of drug-likeness (QED) is 0.851. The number of nitrogens with zero attached hydrogens (tertiary/aromatic N) is 1. The highest BCUT2D eigenvalue weighted by Crippen LogP contribution is 2.29. The molecular weight excluding hydrogens is 226 g/mol. The van der Waals surface area contributed by atoms with Gasteiger partial charge in [-0.25, -0.2) is 0 Å². The molecule has 1 unspecified atom stereocenters. The maximum Gasteiger partial charge on any atom is 0.120 e. The van der Waals surface area contributed by atoms with E-state index in [1.807, 2.05) is 39.3 Å². The fourth-order valence-corrected chi connectivity index (χ4v) is 2.27. The van der Waals surface area contributed by atoms with Gasteiger partial charge in [0.15, 0.2) is 0 Å². The van der Waals surface area contributed by atoms with E-state index < -0.39 is 0 Å². The Kier molecular flexibility index (Phi) is 3.89. The van der Waals surface area contributed by atoms with Crippen molar-refractivity contribution in [3.63, 3.8) is 0 Å². The third-order valence-electron chi connectivity index (χ3n) is 3.20. The van der Waals surface area contributed by atoms with Gasteiger partial charge in [-0.05, 0) is 44.8 Å². The van der Waals surface area contributed by atoms with Crippen LogP contribution >= 0.6 is 0 Å². The first-order valence-electron chi connectivity index (χ1n) is 6.27. The van der Waals surface area contributed by atoms with Gasteiger partial charge in [0.1, 0.15) is 5.75 Å². The molecule has 0 spiro atoms. The third-order valence-corrected chi connectivity index (χ3v) is 3.20. The Morgan fingerprint density at radius 2 is 2.17 bits per heavy atom. The van der Waals surface area contributed by atoms with Gasteiger partial charge < -0.3 is 20.4 Å². The highest BCUT2D eigenvalue weighted by molar-refractivity contribution is 5.85. The lowest BCUT2D eigenvalue weighted by molar-refractivity contribution is 0.307. The lowest BCUT2D eigenvalue weighted by Gasteiger charge is -2.22. The van der Waals surface area contributed by atoms with Crippen molar-refractivity contribution >= 4 is 10.9 Å². The van der Waals surface area contributed by atoms with E-state index in [1.165, 1.54) is 10.9 Å². The van der Waals surface area contributed by atoms with Gasteiger partial charge in [-0.2, -0.15) is 0 Å². The molecule has 0 bridgehead atoms. The van der Waals surface area contributed by atoms with Gasteiger partial charge in [0.2, 0.25) is 0 Å². The van der Waals surface area contributed by atoms with Gasteiger partial charge in [-0.1, -0.05) is 0 Å². The second kappa shape index (κ2) is 5.42. The molecule has 0 fully saturated rings. The van der Waals surface area contributed by atoms with E-state index in [0.29, 0.717) is 13.2 Å². The number of hydrogen-bond donors (Lipinski definition) is 2. The second-order valence-electron chi connectivity index (χ2n) is 4.60. The molecule has 2 rings (SSSR count). The third kappa shape index (κ3) is 2.35. The summed E-state index contributed by atoms with van der Waals surface area (Å²) >= 11 is 0. The molecule has 0 saturated carbocycles. The minimum atomic E-state index is 0.218. The van der Waals surface area contributed by atoms with Crippen molar-refractivity contribution in [3.05, 3.63) is 30.0 Å². The Morgan fingerprint density at radius 1 is 1.39 bits per heavy atom. The number of nitrogens with one attached hydrogen (secondary N) is 1. The fourth-order valence-electron chi connectivity index (χ4n) is 2.27. The normalized spacial score (nSPS) is 13.2. The Bertz CT molecular complexity index is 519. The number of ether oxygens (including phenoxy) is 1. The van der Waals surface area contributed by atoms with E-state index >= 15 is 0 Å². The number of H-pyrrole nitrogens is 1. The molecule has 4 heteroatoms. The van der Waals surface area contributed by atoms with E-state index in [2.05, 4.69) is 16.0 Å². The molecule has 18 heavy (non-hydrogen) atoms. The molecule has 1 aromatic heterocycles. The number of fused-ring (bicyclic) bond motifs is 1. The summed E-state index contributed by atoms with van der Waals surface area (Å²) < 4.78 is 5.55. The second-order valence-corrected chi connectivity index (χ2v) is 4.60. The van der Waals surface area contributed by atoms with Gasteiger partial charge in [0.05, 0.1) is 6.61 Å². The maximum absolute atomic E-state index is 5.87. The van der Waals surface area contributed by atoms with Crippen LogP contribution in [-0.2, 0) is 0 Å². The van der Waals surface area contributed by atoms with Crippen LogP contribution in [0.2, 0.25) is 0 Å². The Hall–Kier alpha value is -1.52. The van der Waals surface area contributed by atoms with Gasteiger partial charge in [0.25, 0.3) is 0 Å². The Morgan fingerprint density at radius 3 is 2.78 bits per heavy atom. The number of hydrogen-bond acceptors (Lipinski definition) is 3. The largest absolute Gasteiger partial charge is 0.494 e. The Balaban J connectivity index is 2.47. The summed E-state index contributed by atoms with van der Waals surface area (Å²) in [6.07, 6.45) is 2.04. The fraction of sp³-hybridized carbons (Fsp3) is 0.429. The van der Waals surface area contributed by atoms with Gasteiger partial charge in [-0.15, -0.1) is 0 Å². The van der Waals surface area contributed by atoms with E-state index in [9.17, 15) is 0 Å². The van der Waals surface area contributed by atoms with Crippen LogP contribution in [0.5, 0.6) is 5.75 Å². The predicted molar refractivity (Wildman–Crippen MR) is 75.0 cm³/mol. The summed E-state index contributed by atoms with van der Waals surface area (Å²) in [7, 11) is 4.09. The molecule has 3 N–H and O–H groups in total. The van der Waals surface area contributed by atoms with Gasteiger partial charge in [0, 0.05) is 29.7 Å². The molecule has 1 heterocycles. The number of benzene rings is 1. The zero-order valence-corrected chi connectivity index (χ0v) is 11.2. The van der Waals surface area contributed by atoms with Crippen molar-refractivity contribution in [2.75, 3.05) is 27.2 Å². The summed E-state index contributed by atoms with van der Waals surface area (Å²) in [5, 5.41) is 1.19. The summed E-state index contributed by atoms with van der Waals surface area (Å²) in [5.74, 6) is 0.903. The number of likely N-dealkylation sites (N-methyl/N-ethyl adjacent to an activating group) is 1. The molecule has 2 aromatic rings.